The number of esters is 1. The van der Waals surface area contributed by atoms with Crippen LogP contribution in [-0.2, 0) is 9.53 Å². The Morgan fingerprint density at radius 3 is 2.50 bits per heavy atom. The van der Waals surface area contributed by atoms with Crippen LogP contribution in [0.2, 0.25) is 0 Å². The van der Waals surface area contributed by atoms with Gasteiger partial charge in [0.1, 0.15) is 5.83 Å². The molecule has 0 fully saturated rings. The van der Waals surface area contributed by atoms with Crippen molar-refractivity contribution >= 4 is 5.97 Å². The Morgan fingerprint density at radius 1 is 1.43 bits per heavy atom. The molecule has 0 saturated heterocycles. The van der Waals surface area contributed by atoms with Crippen molar-refractivity contribution in [1.82, 2.24) is 0 Å². The van der Waals surface area contributed by atoms with Gasteiger partial charge in [-0.2, -0.15) is 0 Å². The zero-order valence-corrected chi connectivity index (χ0v) is 8.29. The highest BCUT2D eigenvalue weighted by atomic mass is 19.1. The van der Waals surface area contributed by atoms with E-state index in [0.717, 1.165) is 0 Å². The van der Waals surface area contributed by atoms with E-state index >= 15 is 0 Å². The first-order valence-electron chi connectivity index (χ1n) is 4.06. The Bertz CT molecular complexity index is 298. The Balaban J connectivity index is 4.69. The summed E-state index contributed by atoms with van der Waals surface area (Å²) in [5.41, 5.74) is 0.215. The van der Waals surface area contributed by atoms with Gasteiger partial charge in [0.05, 0.1) is 12.7 Å². The maximum Gasteiger partial charge on any atom is 0.337 e. The molecule has 0 aliphatic rings. The summed E-state index contributed by atoms with van der Waals surface area (Å²) in [5.74, 6) is -0.972. The topological polar surface area (TPSA) is 26.3 Å². The van der Waals surface area contributed by atoms with Crippen LogP contribution in [0, 0.1) is 0 Å². The second-order valence-corrected chi connectivity index (χ2v) is 2.37. The minimum absolute atomic E-state index is 0.215. The largest absolute Gasteiger partial charge is 0.465 e. The van der Waals surface area contributed by atoms with E-state index in [1.54, 1.807) is 13.0 Å². The lowest BCUT2D eigenvalue weighted by Crippen LogP contribution is -2.01. The van der Waals surface area contributed by atoms with E-state index in [1.807, 2.05) is 0 Å². The van der Waals surface area contributed by atoms with Gasteiger partial charge in [-0.15, -0.1) is 0 Å². The van der Waals surface area contributed by atoms with Crippen molar-refractivity contribution in [3.05, 3.63) is 48.4 Å². The number of rotatable bonds is 4. The number of hydrogen-bond acceptors (Lipinski definition) is 2. The highest BCUT2D eigenvalue weighted by Crippen LogP contribution is 2.03. The lowest BCUT2D eigenvalue weighted by molar-refractivity contribution is -0.135. The summed E-state index contributed by atoms with van der Waals surface area (Å²) in [5, 5.41) is 0. The predicted octanol–water partition coefficient (Wildman–Crippen LogP) is 2.70. The van der Waals surface area contributed by atoms with Crippen LogP contribution in [0.25, 0.3) is 0 Å². The Labute approximate surface area is 83.1 Å². The second-order valence-electron chi connectivity index (χ2n) is 2.37. The lowest BCUT2D eigenvalue weighted by Gasteiger charge is -1.96. The smallest absolute Gasteiger partial charge is 0.337 e. The maximum atomic E-state index is 12.8. The predicted molar refractivity (Wildman–Crippen MR) is 54.3 cm³/mol. The summed E-state index contributed by atoms with van der Waals surface area (Å²) in [4.78, 5) is 11.0. The van der Waals surface area contributed by atoms with Gasteiger partial charge in [0.25, 0.3) is 0 Å². The van der Waals surface area contributed by atoms with Crippen LogP contribution in [-0.4, -0.2) is 13.1 Å². The van der Waals surface area contributed by atoms with Gasteiger partial charge in [0.2, 0.25) is 0 Å². The maximum absolute atomic E-state index is 12.8. The number of carbonyl (C=O) groups is 1. The first-order chi connectivity index (χ1) is 6.65. The standard InChI is InChI=1S/C11H13FO2/c1-4-6-10(12)8-7-9(5-2)11(13)14-3/h4-8H,2H2,1,3H3/b6-4-,9-7+,10-8+. The fraction of sp³-hybridized carbons (Fsp3) is 0.182. The van der Waals surface area contributed by atoms with Crippen LogP contribution < -0.4 is 0 Å². The van der Waals surface area contributed by atoms with Crippen molar-refractivity contribution in [2.75, 3.05) is 7.11 Å². The molecular weight excluding hydrogens is 183 g/mol. The van der Waals surface area contributed by atoms with E-state index < -0.39 is 11.8 Å². The van der Waals surface area contributed by atoms with Crippen LogP contribution >= 0.6 is 0 Å². The summed E-state index contributed by atoms with van der Waals surface area (Å²) >= 11 is 0. The summed E-state index contributed by atoms with van der Waals surface area (Å²) in [6.45, 7) is 5.12. The molecule has 0 aromatic rings. The molecule has 0 rings (SSSR count). The molecule has 0 amide bonds. The first-order valence-corrected chi connectivity index (χ1v) is 4.06. The van der Waals surface area contributed by atoms with Crippen molar-refractivity contribution in [3.63, 3.8) is 0 Å². The number of allylic oxidation sites excluding steroid dienone is 5. The van der Waals surface area contributed by atoms with E-state index in [-0.39, 0.29) is 5.57 Å². The molecule has 0 spiro atoms. The normalized spacial score (nSPS) is 13.1. The fourth-order valence-electron chi connectivity index (χ4n) is 0.721. The van der Waals surface area contributed by atoms with Gasteiger partial charge in [-0.3, -0.25) is 0 Å². The van der Waals surface area contributed by atoms with Gasteiger partial charge >= 0.3 is 5.97 Å². The molecule has 14 heavy (non-hydrogen) atoms. The SMILES string of the molecule is C=C\C(=C/C=C(F)\C=C/C)C(=O)OC. The monoisotopic (exact) mass is 196 g/mol. The highest BCUT2D eigenvalue weighted by Gasteiger charge is 2.02. The molecule has 0 radical (unpaired) electrons. The number of halogens is 1. The van der Waals surface area contributed by atoms with Gasteiger partial charge in [-0.25, -0.2) is 9.18 Å². The van der Waals surface area contributed by atoms with Crippen molar-refractivity contribution in [2.24, 2.45) is 0 Å². The molecule has 0 bridgehead atoms. The molecule has 0 saturated carbocycles. The molecule has 0 unspecified atom stereocenters. The molecule has 0 heterocycles. The van der Waals surface area contributed by atoms with E-state index in [9.17, 15) is 9.18 Å². The molecule has 0 aromatic heterocycles. The van der Waals surface area contributed by atoms with Crippen LogP contribution in [0.1, 0.15) is 6.92 Å². The van der Waals surface area contributed by atoms with Gasteiger partial charge in [0.15, 0.2) is 0 Å². The molecular formula is C11H13FO2. The Morgan fingerprint density at radius 2 is 2.07 bits per heavy atom. The number of ether oxygens (including phenoxy) is 1. The van der Waals surface area contributed by atoms with Gasteiger partial charge in [-0.05, 0) is 25.2 Å². The zero-order chi connectivity index (χ0) is 11.0. The fourth-order valence-corrected chi connectivity index (χ4v) is 0.721. The van der Waals surface area contributed by atoms with Crippen LogP contribution in [0.4, 0.5) is 4.39 Å². The third-order valence-electron chi connectivity index (χ3n) is 1.39. The van der Waals surface area contributed by atoms with Crippen molar-refractivity contribution < 1.29 is 13.9 Å². The summed E-state index contributed by atoms with van der Waals surface area (Å²) in [7, 11) is 1.26. The average molecular weight is 196 g/mol. The van der Waals surface area contributed by atoms with Crippen LogP contribution in [0.3, 0.4) is 0 Å². The third kappa shape index (κ3) is 4.40. The van der Waals surface area contributed by atoms with E-state index in [4.69, 9.17) is 0 Å². The van der Waals surface area contributed by atoms with E-state index in [0.29, 0.717) is 0 Å². The average Bonchev–Trinajstić information content (AvgIpc) is 2.18. The third-order valence-corrected chi connectivity index (χ3v) is 1.39. The Kier molecular flexibility index (Phi) is 6.03. The number of methoxy groups -OCH3 is 1. The molecule has 0 N–H and O–H groups in total. The number of hydrogen-bond donors (Lipinski definition) is 0. The lowest BCUT2D eigenvalue weighted by atomic mass is 10.2. The molecule has 76 valence electrons. The summed E-state index contributed by atoms with van der Waals surface area (Å²) in [6, 6.07) is 0. The van der Waals surface area contributed by atoms with Crippen molar-refractivity contribution in [2.45, 2.75) is 6.92 Å². The molecule has 2 nitrogen and oxygen atoms in total. The Hall–Kier alpha value is -1.64. The second kappa shape index (κ2) is 6.83. The zero-order valence-electron chi connectivity index (χ0n) is 8.29. The summed E-state index contributed by atoms with van der Waals surface area (Å²) < 4.78 is 17.3. The molecule has 0 aliphatic carbocycles. The minimum Gasteiger partial charge on any atom is -0.465 e. The first kappa shape index (κ1) is 12.4. The minimum atomic E-state index is -0.537. The van der Waals surface area contributed by atoms with E-state index in [1.165, 1.54) is 31.4 Å². The van der Waals surface area contributed by atoms with Crippen LogP contribution in [0.15, 0.2) is 48.4 Å². The van der Waals surface area contributed by atoms with Gasteiger partial charge in [0, 0.05) is 0 Å². The quantitative estimate of drug-likeness (QED) is 0.392. The molecule has 0 aliphatic heterocycles. The van der Waals surface area contributed by atoms with E-state index in [2.05, 4.69) is 11.3 Å². The van der Waals surface area contributed by atoms with Gasteiger partial charge < -0.3 is 4.74 Å². The van der Waals surface area contributed by atoms with Crippen molar-refractivity contribution in [1.29, 1.82) is 0 Å². The number of carbonyl (C=O) groups excluding carboxylic acids is 1. The van der Waals surface area contributed by atoms with Crippen molar-refractivity contribution in [3.8, 4) is 0 Å². The molecule has 0 atom stereocenters. The molecule has 0 aromatic carbocycles. The van der Waals surface area contributed by atoms with Gasteiger partial charge in [-0.1, -0.05) is 18.7 Å². The van der Waals surface area contributed by atoms with Crippen LogP contribution in [0.5, 0.6) is 0 Å². The summed E-state index contributed by atoms with van der Waals surface area (Å²) in [6.07, 6.45) is 6.65. The molecule has 3 heteroatoms. The highest BCUT2D eigenvalue weighted by molar-refractivity contribution is 5.91.